The third-order valence-corrected chi connectivity index (χ3v) is 3.61. The summed E-state index contributed by atoms with van der Waals surface area (Å²) in [4.78, 5) is 11.7. The van der Waals surface area contributed by atoms with Gasteiger partial charge in [-0.15, -0.1) is 11.8 Å². The first kappa shape index (κ1) is 14.6. The maximum absolute atomic E-state index is 11.7. The van der Waals surface area contributed by atoms with Gasteiger partial charge in [-0.1, -0.05) is 29.4 Å². The van der Waals surface area contributed by atoms with E-state index in [1.165, 1.54) is 11.8 Å². The van der Waals surface area contributed by atoms with E-state index < -0.39 is 0 Å². The quantitative estimate of drug-likeness (QED) is 0.854. The third-order valence-electron chi connectivity index (χ3n) is 2.60. The van der Waals surface area contributed by atoms with Gasteiger partial charge in [0.05, 0.1) is 12.4 Å². The van der Waals surface area contributed by atoms with Crippen LogP contribution >= 0.6 is 11.8 Å². The summed E-state index contributed by atoms with van der Waals surface area (Å²) in [5.41, 5.74) is 2.01. The molecule has 0 aliphatic rings. The second kappa shape index (κ2) is 7.12. The van der Waals surface area contributed by atoms with E-state index in [4.69, 9.17) is 9.63 Å². The lowest BCUT2D eigenvalue weighted by atomic mass is 10.2. The number of hydrogen-bond donors (Lipinski definition) is 2. The Balaban J connectivity index is 1.73. The Hall–Kier alpha value is -1.79. The summed E-state index contributed by atoms with van der Waals surface area (Å²) in [6.45, 7) is 1.82. The Morgan fingerprint density at radius 1 is 1.35 bits per heavy atom. The van der Waals surface area contributed by atoms with Crippen molar-refractivity contribution in [3.8, 4) is 0 Å². The average molecular weight is 292 g/mol. The minimum atomic E-state index is -0.102. The number of hydrogen-bond acceptors (Lipinski definition) is 5. The SMILES string of the molecule is Cc1cc(NC(=O)CSCc2ccc(CO)cc2)no1. The number of nitrogens with zero attached hydrogens (tertiary/aromatic N) is 1. The van der Waals surface area contributed by atoms with Gasteiger partial charge >= 0.3 is 0 Å². The first-order chi connectivity index (χ1) is 9.67. The van der Waals surface area contributed by atoms with Crippen molar-refractivity contribution in [3.63, 3.8) is 0 Å². The van der Waals surface area contributed by atoms with Crippen LogP contribution in [0.1, 0.15) is 16.9 Å². The Labute approximate surface area is 121 Å². The number of aliphatic hydroxyl groups is 1. The summed E-state index contributed by atoms with van der Waals surface area (Å²) in [6, 6.07) is 9.35. The monoisotopic (exact) mass is 292 g/mol. The molecule has 0 spiro atoms. The van der Waals surface area contributed by atoms with Crippen LogP contribution in [0.5, 0.6) is 0 Å². The number of thioether (sulfide) groups is 1. The summed E-state index contributed by atoms with van der Waals surface area (Å²) >= 11 is 1.52. The normalized spacial score (nSPS) is 10.5. The number of carbonyl (C=O) groups excluding carboxylic acids is 1. The van der Waals surface area contributed by atoms with E-state index in [1.807, 2.05) is 24.3 Å². The molecule has 20 heavy (non-hydrogen) atoms. The van der Waals surface area contributed by atoms with Crippen molar-refractivity contribution in [1.82, 2.24) is 5.16 Å². The fourth-order valence-electron chi connectivity index (χ4n) is 1.61. The topological polar surface area (TPSA) is 75.4 Å². The molecule has 0 radical (unpaired) electrons. The Morgan fingerprint density at radius 3 is 2.65 bits per heavy atom. The van der Waals surface area contributed by atoms with E-state index in [1.54, 1.807) is 13.0 Å². The summed E-state index contributed by atoms with van der Waals surface area (Å²) in [5.74, 6) is 2.11. The van der Waals surface area contributed by atoms with Crippen LogP contribution in [-0.4, -0.2) is 21.9 Å². The molecule has 0 bridgehead atoms. The highest BCUT2D eigenvalue weighted by molar-refractivity contribution is 7.99. The minimum absolute atomic E-state index is 0.0486. The van der Waals surface area contributed by atoms with Gasteiger partial charge in [0, 0.05) is 11.8 Å². The van der Waals surface area contributed by atoms with Crippen LogP contribution in [0.4, 0.5) is 5.82 Å². The van der Waals surface area contributed by atoms with Crippen LogP contribution in [0.3, 0.4) is 0 Å². The van der Waals surface area contributed by atoms with Gasteiger partial charge in [-0.25, -0.2) is 0 Å². The predicted molar refractivity (Wildman–Crippen MR) is 78.4 cm³/mol. The van der Waals surface area contributed by atoms with Gasteiger partial charge in [0.15, 0.2) is 5.82 Å². The number of aryl methyl sites for hydroxylation is 1. The molecule has 0 saturated heterocycles. The van der Waals surface area contributed by atoms with Crippen LogP contribution in [0.15, 0.2) is 34.9 Å². The van der Waals surface area contributed by atoms with Crippen molar-refractivity contribution in [2.75, 3.05) is 11.1 Å². The zero-order chi connectivity index (χ0) is 14.4. The van der Waals surface area contributed by atoms with Gasteiger partial charge in [0.25, 0.3) is 0 Å². The molecule has 1 aromatic heterocycles. The van der Waals surface area contributed by atoms with E-state index >= 15 is 0 Å². The highest BCUT2D eigenvalue weighted by atomic mass is 32.2. The first-order valence-electron chi connectivity index (χ1n) is 6.17. The van der Waals surface area contributed by atoms with Crippen molar-refractivity contribution in [1.29, 1.82) is 0 Å². The third kappa shape index (κ3) is 4.40. The number of amides is 1. The van der Waals surface area contributed by atoms with Crippen molar-refractivity contribution in [3.05, 3.63) is 47.2 Å². The Morgan fingerprint density at radius 2 is 2.05 bits per heavy atom. The van der Waals surface area contributed by atoms with Crippen LogP contribution in [0, 0.1) is 6.92 Å². The molecule has 0 atom stereocenters. The van der Waals surface area contributed by atoms with Crippen LogP contribution in [0.25, 0.3) is 0 Å². The summed E-state index contributed by atoms with van der Waals surface area (Å²) in [7, 11) is 0. The van der Waals surface area contributed by atoms with Crippen LogP contribution in [-0.2, 0) is 17.2 Å². The average Bonchev–Trinajstić information content (AvgIpc) is 2.85. The molecule has 1 heterocycles. The molecule has 0 aliphatic carbocycles. The molecule has 0 unspecified atom stereocenters. The zero-order valence-corrected chi connectivity index (χ0v) is 11.9. The van der Waals surface area contributed by atoms with Crippen molar-refractivity contribution < 1.29 is 14.4 Å². The second-order valence-electron chi connectivity index (χ2n) is 4.34. The molecule has 1 amide bonds. The minimum Gasteiger partial charge on any atom is -0.392 e. The fourth-order valence-corrected chi connectivity index (χ4v) is 2.39. The summed E-state index contributed by atoms with van der Waals surface area (Å²) < 4.78 is 4.87. The largest absolute Gasteiger partial charge is 0.392 e. The maximum Gasteiger partial charge on any atom is 0.235 e. The van der Waals surface area contributed by atoms with Gasteiger partial charge < -0.3 is 14.9 Å². The van der Waals surface area contributed by atoms with Gasteiger partial charge in [0.2, 0.25) is 5.91 Å². The van der Waals surface area contributed by atoms with Crippen molar-refractivity contribution in [2.45, 2.75) is 19.3 Å². The zero-order valence-electron chi connectivity index (χ0n) is 11.1. The van der Waals surface area contributed by atoms with Crippen molar-refractivity contribution in [2.24, 2.45) is 0 Å². The molecule has 1 aromatic carbocycles. The molecule has 0 fully saturated rings. The number of aliphatic hydroxyl groups excluding tert-OH is 1. The number of carbonyl (C=O) groups is 1. The standard InChI is InChI=1S/C14H16N2O3S/c1-10-6-13(16-19-10)15-14(18)9-20-8-12-4-2-11(7-17)3-5-12/h2-6,17H,7-9H2,1H3,(H,15,16,18). The molecule has 2 rings (SSSR count). The predicted octanol–water partition coefficient (Wildman–Crippen LogP) is 2.35. The highest BCUT2D eigenvalue weighted by Crippen LogP contribution is 2.14. The number of anilines is 1. The van der Waals surface area contributed by atoms with Gasteiger partial charge in [-0.05, 0) is 18.1 Å². The van der Waals surface area contributed by atoms with E-state index in [2.05, 4.69) is 10.5 Å². The van der Waals surface area contributed by atoms with Crippen molar-refractivity contribution >= 4 is 23.5 Å². The Bertz CT molecular complexity index is 566. The lowest BCUT2D eigenvalue weighted by Crippen LogP contribution is -2.14. The molecule has 0 aliphatic heterocycles. The van der Waals surface area contributed by atoms with E-state index in [0.717, 1.165) is 16.9 Å². The Kier molecular flexibility index (Phi) is 5.20. The number of benzene rings is 1. The van der Waals surface area contributed by atoms with E-state index in [9.17, 15) is 4.79 Å². The molecular formula is C14H16N2O3S. The molecule has 106 valence electrons. The molecule has 2 N–H and O–H groups in total. The lowest BCUT2D eigenvalue weighted by molar-refractivity contribution is -0.113. The van der Waals surface area contributed by atoms with Gasteiger partial charge in [-0.3, -0.25) is 4.79 Å². The molecular weight excluding hydrogens is 276 g/mol. The smallest absolute Gasteiger partial charge is 0.235 e. The first-order valence-corrected chi connectivity index (χ1v) is 7.32. The maximum atomic E-state index is 11.7. The van der Waals surface area contributed by atoms with Gasteiger partial charge in [0.1, 0.15) is 5.76 Å². The van der Waals surface area contributed by atoms with Crippen LogP contribution in [0.2, 0.25) is 0 Å². The fraction of sp³-hybridized carbons (Fsp3) is 0.286. The van der Waals surface area contributed by atoms with Crippen LogP contribution < -0.4 is 5.32 Å². The number of nitrogens with one attached hydrogen (secondary N) is 1. The second-order valence-corrected chi connectivity index (χ2v) is 5.32. The molecule has 5 nitrogen and oxygen atoms in total. The number of rotatable bonds is 6. The molecule has 6 heteroatoms. The summed E-state index contributed by atoms with van der Waals surface area (Å²) in [5, 5.41) is 15.3. The lowest BCUT2D eigenvalue weighted by Gasteiger charge is -2.03. The van der Waals surface area contributed by atoms with Gasteiger partial charge in [-0.2, -0.15) is 0 Å². The van der Waals surface area contributed by atoms with E-state index in [-0.39, 0.29) is 12.5 Å². The highest BCUT2D eigenvalue weighted by Gasteiger charge is 2.06. The molecule has 0 saturated carbocycles. The molecule has 2 aromatic rings. The number of aromatic nitrogens is 1. The summed E-state index contributed by atoms with van der Waals surface area (Å²) in [6.07, 6.45) is 0. The van der Waals surface area contributed by atoms with E-state index in [0.29, 0.717) is 17.3 Å².